The van der Waals surface area contributed by atoms with Crippen molar-refractivity contribution < 1.29 is 0 Å². The number of nitrogens with zero attached hydrogens (tertiary/aromatic N) is 1. The van der Waals surface area contributed by atoms with Gasteiger partial charge in [-0.3, -0.25) is 0 Å². The first-order chi connectivity index (χ1) is 6.81. The van der Waals surface area contributed by atoms with E-state index in [1.54, 1.807) is 0 Å². The van der Waals surface area contributed by atoms with Crippen LogP contribution in [0.4, 0.5) is 0 Å². The van der Waals surface area contributed by atoms with E-state index in [0.29, 0.717) is 12.5 Å². The summed E-state index contributed by atoms with van der Waals surface area (Å²) < 4.78 is 0. The molecule has 0 aromatic carbocycles. The van der Waals surface area contributed by atoms with Gasteiger partial charge in [0.05, 0.1) is 6.07 Å². The lowest BCUT2D eigenvalue weighted by Gasteiger charge is -2.10. The maximum Gasteiger partial charge on any atom is 0.0621 e. The third-order valence-electron chi connectivity index (χ3n) is 2.54. The molecule has 0 rings (SSSR count). The summed E-state index contributed by atoms with van der Waals surface area (Å²) in [4.78, 5) is 0. The van der Waals surface area contributed by atoms with E-state index in [9.17, 15) is 0 Å². The van der Waals surface area contributed by atoms with Crippen LogP contribution >= 0.6 is 0 Å². The zero-order chi connectivity index (χ0) is 10.6. The molecule has 0 fully saturated rings. The summed E-state index contributed by atoms with van der Waals surface area (Å²) >= 11 is 0. The molecule has 82 valence electrons. The van der Waals surface area contributed by atoms with Crippen molar-refractivity contribution in [1.82, 2.24) is 0 Å². The van der Waals surface area contributed by atoms with Crippen molar-refractivity contribution in [2.75, 3.05) is 0 Å². The van der Waals surface area contributed by atoms with Gasteiger partial charge in [-0.15, -0.1) is 0 Å². The van der Waals surface area contributed by atoms with Crippen molar-refractivity contribution in [2.45, 2.75) is 70.8 Å². The summed E-state index contributed by atoms with van der Waals surface area (Å²) in [6, 6.07) is 2.53. The maximum absolute atomic E-state index is 8.35. The van der Waals surface area contributed by atoms with Gasteiger partial charge in [-0.2, -0.15) is 5.26 Å². The largest absolute Gasteiger partial charge is 0.328 e. The predicted octanol–water partition coefficient (Wildman–Crippen LogP) is 3.37. The Kier molecular flexibility index (Phi) is 10.1. The quantitative estimate of drug-likeness (QED) is 0.575. The lowest BCUT2D eigenvalue weighted by atomic mass is 10.0. The van der Waals surface area contributed by atoms with Gasteiger partial charge >= 0.3 is 0 Å². The van der Waals surface area contributed by atoms with Crippen LogP contribution in [0.15, 0.2) is 0 Å². The Morgan fingerprint density at radius 2 is 1.71 bits per heavy atom. The Balaban J connectivity index is 3.12. The molecule has 0 bridgehead atoms. The van der Waals surface area contributed by atoms with E-state index in [0.717, 1.165) is 25.7 Å². The molecule has 0 aliphatic rings. The van der Waals surface area contributed by atoms with Crippen LogP contribution in [0.3, 0.4) is 0 Å². The monoisotopic (exact) mass is 196 g/mol. The fourth-order valence-corrected chi connectivity index (χ4v) is 1.59. The van der Waals surface area contributed by atoms with Crippen LogP contribution in [-0.4, -0.2) is 6.04 Å². The fourth-order valence-electron chi connectivity index (χ4n) is 1.59. The summed E-state index contributed by atoms with van der Waals surface area (Å²) in [5, 5.41) is 8.35. The molecule has 0 aliphatic carbocycles. The van der Waals surface area contributed by atoms with Gasteiger partial charge in [0.25, 0.3) is 0 Å². The zero-order valence-electron chi connectivity index (χ0n) is 9.47. The average molecular weight is 196 g/mol. The molecular weight excluding hydrogens is 172 g/mol. The Bertz CT molecular complexity index is 149. The first-order valence-electron chi connectivity index (χ1n) is 5.93. The highest BCUT2D eigenvalue weighted by Crippen LogP contribution is 2.09. The van der Waals surface area contributed by atoms with Crippen LogP contribution in [0, 0.1) is 11.3 Å². The Morgan fingerprint density at radius 3 is 2.29 bits per heavy atom. The number of nitriles is 1. The third-order valence-corrected chi connectivity index (χ3v) is 2.54. The van der Waals surface area contributed by atoms with Crippen LogP contribution in [0.2, 0.25) is 0 Å². The molecule has 0 saturated carbocycles. The highest BCUT2D eigenvalue weighted by Gasteiger charge is 2.01. The predicted molar refractivity (Wildman–Crippen MR) is 60.8 cm³/mol. The molecule has 0 radical (unpaired) electrons. The normalized spacial score (nSPS) is 12.4. The molecule has 0 aromatic rings. The van der Waals surface area contributed by atoms with Gasteiger partial charge in [0.15, 0.2) is 0 Å². The first kappa shape index (κ1) is 13.4. The first-order valence-corrected chi connectivity index (χ1v) is 5.93. The highest BCUT2D eigenvalue weighted by molar-refractivity contribution is 4.69. The number of hydrogen-bond donors (Lipinski definition) is 1. The molecule has 2 heteroatoms. The van der Waals surface area contributed by atoms with Gasteiger partial charge in [0.1, 0.15) is 0 Å². The molecule has 1 unspecified atom stereocenters. The summed E-state index contributed by atoms with van der Waals surface area (Å²) in [5.74, 6) is 0. The van der Waals surface area contributed by atoms with Crippen LogP contribution in [0.5, 0.6) is 0 Å². The smallest absolute Gasteiger partial charge is 0.0621 e. The topological polar surface area (TPSA) is 49.8 Å². The number of rotatable bonds is 9. The van der Waals surface area contributed by atoms with E-state index in [1.165, 1.54) is 25.7 Å². The Morgan fingerprint density at radius 1 is 1.07 bits per heavy atom. The molecule has 0 aromatic heterocycles. The SMILES string of the molecule is CCCCCCC(N)CCCCC#N. The number of hydrogen-bond acceptors (Lipinski definition) is 2. The number of nitrogens with two attached hydrogens (primary N) is 1. The molecule has 0 amide bonds. The molecular formula is C12H24N2. The van der Waals surface area contributed by atoms with Gasteiger partial charge in [-0.25, -0.2) is 0 Å². The third kappa shape index (κ3) is 9.54. The minimum absolute atomic E-state index is 0.366. The van der Waals surface area contributed by atoms with Gasteiger partial charge in [-0.1, -0.05) is 39.0 Å². The van der Waals surface area contributed by atoms with Crippen molar-refractivity contribution in [1.29, 1.82) is 5.26 Å². The second-order valence-electron chi connectivity index (χ2n) is 4.01. The molecule has 2 nitrogen and oxygen atoms in total. The molecule has 0 aliphatic heterocycles. The van der Waals surface area contributed by atoms with Crippen LogP contribution in [0.1, 0.15) is 64.7 Å². The van der Waals surface area contributed by atoms with Crippen LogP contribution in [0.25, 0.3) is 0 Å². The van der Waals surface area contributed by atoms with Crippen molar-refractivity contribution in [3.05, 3.63) is 0 Å². The minimum Gasteiger partial charge on any atom is -0.328 e. The minimum atomic E-state index is 0.366. The standard InChI is InChI=1S/C12H24N2/c1-2-3-4-6-9-12(14)10-7-5-8-11-13/h12H,2-10,14H2,1H3. The summed E-state index contributed by atoms with van der Waals surface area (Å²) in [6.07, 6.45) is 10.3. The van der Waals surface area contributed by atoms with Crippen molar-refractivity contribution in [2.24, 2.45) is 5.73 Å². The van der Waals surface area contributed by atoms with E-state index in [2.05, 4.69) is 13.0 Å². The summed E-state index contributed by atoms with van der Waals surface area (Å²) in [7, 11) is 0. The van der Waals surface area contributed by atoms with Gasteiger partial charge < -0.3 is 5.73 Å². The van der Waals surface area contributed by atoms with E-state index in [1.807, 2.05) is 0 Å². The van der Waals surface area contributed by atoms with Crippen molar-refractivity contribution >= 4 is 0 Å². The van der Waals surface area contributed by atoms with Crippen LogP contribution in [-0.2, 0) is 0 Å². The second-order valence-corrected chi connectivity index (χ2v) is 4.01. The van der Waals surface area contributed by atoms with E-state index >= 15 is 0 Å². The molecule has 0 spiro atoms. The second kappa shape index (κ2) is 10.5. The maximum atomic E-state index is 8.35. The Hall–Kier alpha value is -0.550. The average Bonchev–Trinajstić information content (AvgIpc) is 2.19. The molecule has 0 heterocycles. The fraction of sp³-hybridized carbons (Fsp3) is 0.917. The molecule has 1 atom stereocenters. The Labute approximate surface area is 88.5 Å². The molecule has 2 N–H and O–H groups in total. The van der Waals surface area contributed by atoms with E-state index < -0.39 is 0 Å². The van der Waals surface area contributed by atoms with Crippen molar-refractivity contribution in [3.63, 3.8) is 0 Å². The van der Waals surface area contributed by atoms with Gasteiger partial charge in [-0.05, 0) is 19.3 Å². The summed E-state index contributed by atoms with van der Waals surface area (Å²) in [5.41, 5.74) is 5.96. The zero-order valence-corrected chi connectivity index (χ0v) is 9.47. The molecule has 14 heavy (non-hydrogen) atoms. The van der Waals surface area contributed by atoms with Crippen molar-refractivity contribution in [3.8, 4) is 6.07 Å². The van der Waals surface area contributed by atoms with E-state index in [4.69, 9.17) is 11.0 Å². The number of unbranched alkanes of at least 4 members (excludes halogenated alkanes) is 5. The van der Waals surface area contributed by atoms with Gasteiger partial charge in [0.2, 0.25) is 0 Å². The highest BCUT2D eigenvalue weighted by atomic mass is 14.6. The van der Waals surface area contributed by atoms with Crippen LogP contribution < -0.4 is 5.73 Å². The lowest BCUT2D eigenvalue weighted by Crippen LogP contribution is -2.19. The lowest BCUT2D eigenvalue weighted by molar-refractivity contribution is 0.501. The summed E-state index contributed by atoms with van der Waals surface area (Å²) in [6.45, 7) is 2.22. The van der Waals surface area contributed by atoms with Gasteiger partial charge in [0, 0.05) is 12.5 Å². The molecule has 0 saturated heterocycles. The van der Waals surface area contributed by atoms with E-state index in [-0.39, 0.29) is 0 Å².